The van der Waals surface area contributed by atoms with Gasteiger partial charge in [0.05, 0.1) is 37.5 Å². The molecule has 158 valence electrons. The first-order valence-corrected chi connectivity index (χ1v) is 11.7. The Labute approximate surface area is 172 Å². The number of anilines is 1. The molecule has 1 aliphatic rings. The van der Waals surface area contributed by atoms with Crippen molar-refractivity contribution in [3.8, 4) is 0 Å². The standard InChI is InChI=1S/C17H22FN5O4S2/c1-21-15(11-23(29(2,25)26)14-5-3-13(18)4-6-14)19-20-17(21)28-12-16(24)22-7-9-27-10-8-22/h3-6H,7-12H2,1-2H3. The molecule has 1 amide bonds. The minimum Gasteiger partial charge on any atom is -0.378 e. The average molecular weight is 444 g/mol. The lowest BCUT2D eigenvalue weighted by molar-refractivity contribution is -0.132. The van der Waals surface area contributed by atoms with Crippen LogP contribution in [0.3, 0.4) is 0 Å². The van der Waals surface area contributed by atoms with Crippen LogP contribution in [-0.4, -0.2) is 72.3 Å². The minimum absolute atomic E-state index is 0.00748. The van der Waals surface area contributed by atoms with Gasteiger partial charge < -0.3 is 14.2 Å². The molecule has 29 heavy (non-hydrogen) atoms. The number of carbonyl (C=O) groups excluding carboxylic acids is 1. The molecule has 2 aromatic rings. The number of ether oxygens (including phenoxy) is 1. The molecule has 3 rings (SSSR count). The van der Waals surface area contributed by atoms with E-state index in [1.807, 2.05) is 0 Å². The lowest BCUT2D eigenvalue weighted by Gasteiger charge is -2.26. The fraction of sp³-hybridized carbons (Fsp3) is 0.471. The maximum Gasteiger partial charge on any atom is 0.233 e. The van der Waals surface area contributed by atoms with Crippen molar-refractivity contribution in [2.24, 2.45) is 7.05 Å². The lowest BCUT2D eigenvalue weighted by atomic mass is 10.3. The van der Waals surface area contributed by atoms with Crippen LogP contribution in [0.15, 0.2) is 29.4 Å². The maximum atomic E-state index is 13.2. The molecule has 1 saturated heterocycles. The van der Waals surface area contributed by atoms with Gasteiger partial charge in [-0.15, -0.1) is 10.2 Å². The zero-order chi connectivity index (χ0) is 21.0. The molecule has 0 atom stereocenters. The smallest absolute Gasteiger partial charge is 0.233 e. The molecule has 0 saturated carbocycles. The molecule has 0 N–H and O–H groups in total. The van der Waals surface area contributed by atoms with Gasteiger partial charge in [-0.2, -0.15) is 0 Å². The van der Waals surface area contributed by atoms with Gasteiger partial charge in [-0.1, -0.05) is 11.8 Å². The zero-order valence-corrected chi connectivity index (χ0v) is 17.7. The van der Waals surface area contributed by atoms with Crippen molar-refractivity contribution in [2.75, 3.05) is 42.6 Å². The summed E-state index contributed by atoms with van der Waals surface area (Å²) in [6, 6.07) is 5.18. The number of halogens is 1. The summed E-state index contributed by atoms with van der Waals surface area (Å²) in [6.45, 7) is 2.16. The van der Waals surface area contributed by atoms with E-state index >= 15 is 0 Å². The Morgan fingerprint density at radius 3 is 2.52 bits per heavy atom. The monoisotopic (exact) mass is 443 g/mol. The maximum absolute atomic E-state index is 13.2. The molecular formula is C17H22FN5O4S2. The molecule has 9 nitrogen and oxygen atoms in total. The summed E-state index contributed by atoms with van der Waals surface area (Å²) in [5, 5.41) is 8.65. The number of benzene rings is 1. The largest absolute Gasteiger partial charge is 0.378 e. The zero-order valence-electron chi connectivity index (χ0n) is 16.1. The van der Waals surface area contributed by atoms with Crippen LogP contribution in [0.2, 0.25) is 0 Å². The van der Waals surface area contributed by atoms with E-state index in [0.717, 1.165) is 10.6 Å². The van der Waals surface area contributed by atoms with Gasteiger partial charge in [0.15, 0.2) is 11.0 Å². The Morgan fingerprint density at radius 2 is 1.90 bits per heavy atom. The van der Waals surface area contributed by atoms with E-state index < -0.39 is 15.8 Å². The van der Waals surface area contributed by atoms with Crippen molar-refractivity contribution in [2.45, 2.75) is 11.7 Å². The third kappa shape index (κ3) is 5.46. The summed E-state index contributed by atoms with van der Waals surface area (Å²) in [5.74, 6) is 0.150. The third-order valence-electron chi connectivity index (χ3n) is 4.41. The first kappa shape index (κ1) is 21.5. The lowest BCUT2D eigenvalue weighted by Crippen LogP contribution is -2.41. The van der Waals surface area contributed by atoms with Gasteiger partial charge in [-0.25, -0.2) is 12.8 Å². The molecule has 0 bridgehead atoms. The molecule has 2 heterocycles. The highest BCUT2D eigenvalue weighted by molar-refractivity contribution is 7.99. The molecular weight excluding hydrogens is 421 g/mol. The molecule has 12 heteroatoms. The second-order valence-corrected chi connectivity index (χ2v) is 9.34. The van der Waals surface area contributed by atoms with E-state index in [4.69, 9.17) is 4.74 Å². The average Bonchev–Trinajstić information content (AvgIpc) is 3.04. The SMILES string of the molecule is Cn1c(CN(c2ccc(F)cc2)S(C)(=O)=O)nnc1SCC(=O)N1CCOCC1. The fourth-order valence-electron chi connectivity index (χ4n) is 2.77. The predicted octanol–water partition coefficient (Wildman–Crippen LogP) is 0.871. The molecule has 1 aromatic carbocycles. The van der Waals surface area contributed by atoms with E-state index in [1.165, 1.54) is 36.0 Å². The highest BCUT2D eigenvalue weighted by Crippen LogP contribution is 2.22. The topological polar surface area (TPSA) is 97.6 Å². The first-order valence-electron chi connectivity index (χ1n) is 8.85. The van der Waals surface area contributed by atoms with E-state index in [1.54, 1.807) is 16.5 Å². The number of carbonyl (C=O) groups is 1. The molecule has 1 fully saturated rings. The highest BCUT2D eigenvalue weighted by atomic mass is 32.2. The van der Waals surface area contributed by atoms with Gasteiger partial charge in [0.25, 0.3) is 0 Å². The van der Waals surface area contributed by atoms with Crippen molar-refractivity contribution < 1.29 is 22.3 Å². The summed E-state index contributed by atoms with van der Waals surface area (Å²) >= 11 is 1.24. The molecule has 0 unspecified atom stereocenters. The van der Waals surface area contributed by atoms with Gasteiger partial charge in [-0.05, 0) is 24.3 Å². The van der Waals surface area contributed by atoms with Crippen molar-refractivity contribution in [1.29, 1.82) is 0 Å². The Morgan fingerprint density at radius 1 is 1.24 bits per heavy atom. The number of thioether (sulfide) groups is 1. The van der Waals surface area contributed by atoms with Crippen LogP contribution in [0.5, 0.6) is 0 Å². The van der Waals surface area contributed by atoms with Gasteiger partial charge >= 0.3 is 0 Å². The van der Waals surface area contributed by atoms with Crippen LogP contribution in [0, 0.1) is 5.82 Å². The number of rotatable bonds is 7. The van der Waals surface area contributed by atoms with Crippen LogP contribution in [0.25, 0.3) is 0 Å². The molecule has 1 aromatic heterocycles. The number of hydrogen-bond acceptors (Lipinski definition) is 7. The molecule has 0 radical (unpaired) electrons. The first-order chi connectivity index (χ1) is 13.8. The molecule has 1 aliphatic heterocycles. The quantitative estimate of drug-likeness (QED) is 0.586. The third-order valence-corrected chi connectivity index (χ3v) is 6.56. The van der Waals surface area contributed by atoms with Crippen molar-refractivity contribution in [3.05, 3.63) is 35.9 Å². The summed E-state index contributed by atoms with van der Waals surface area (Å²) in [5.41, 5.74) is 0.327. The number of hydrogen-bond donors (Lipinski definition) is 0. The normalized spacial score (nSPS) is 14.8. The van der Waals surface area contributed by atoms with Crippen LogP contribution in [-0.2, 0) is 33.1 Å². The van der Waals surface area contributed by atoms with Crippen LogP contribution in [0.4, 0.5) is 10.1 Å². The Hall–Kier alpha value is -2.18. The second-order valence-electron chi connectivity index (χ2n) is 6.49. The van der Waals surface area contributed by atoms with Crippen molar-refractivity contribution >= 4 is 33.4 Å². The van der Waals surface area contributed by atoms with E-state index in [-0.39, 0.29) is 18.2 Å². The van der Waals surface area contributed by atoms with Gasteiger partial charge in [0.2, 0.25) is 15.9 Å². The summed E-state index contributed by atoms with van der Waals surface area (Å²) in [6.07, 6.45) is 1.07. The van der Waals surface area contributed by atoms with Crippen LogP contribution < -0.4 is 4.31 Å². The fourth-order valence-corrected chi connectivity index (χ4v) is 4.46. The number of amides is 1. The number of nitrogens with zero attached hydrogens (tertiary/aromatic N) is 5. The molecule has 0 aliphatic carbocycles. The van der Waals surface area contributed by atoms with E-state index in [0.29, 0.717) is 43.0 Å². The molecule has 0 spiro atoms. The van der Waals surface area contributed by atoms with Crippen molar-refractivity contribution in [3.63, 3.8) is 0 Å². The highest BCUT2D eigenvalue weighted by Gasteiger charge is 2.23. The van der Waals surface area contributed by atoms with Crippen LogP contribution >= 0.6 is 11.8 Å². The van der Waals surface area contributed by atoms with Crippen molar-refractivity contribution in [1.82, 2.24) is 19.7 Å². The Balaban J connectivity index is 1.70. The predicted molar refractivity (Wildman–Crippen MR) is 107 cm³/mol. The van der Waals surface area contributed by atoms with Gasteiger partial charge in [0.1, 0.15) is 5.82 Å². The van der Waals surface area contributed by atoms with Gasteiger partial charge in [0, 0.05) is 20.1 Å². The second kappa shape index (κ2) is 9.09. The van der Waals surface area contributed by atoms with Gasteiger partial charge in [-0.3, -0.25) is 9.10 Å². The minimum atomic E-state index is -3.63. The van der Waals surface area contributed by atoms with E-state index in [9.17, 15) is 17.6 Å². The summed E-state index contributed by atoms with van der Waals surface area (Å²) in [4.78, 5) is 14.0. The number of sulfonamides is 1. The Bertz CT molecular complexity index is 959. The Kier molecular flexibility index (Phi) is 6.75. The van der Waals surface area contributed by atoms with E-state index in [2.05, 4.69) is 10.2 Å². The summed E-state index contributed by atoms with van der Waals surface area (Å²) in [7, 11) is -1.92. The van der Waals surface area contributed by atoms with Crippen LogP contribution in [0.1, 0.15) is 5.82 Å². The number of aromatic nitrogens is 3. The summed E-state index contributed by atoms with van der Waals surface area (Å²) < 4.78 is 45.7. The number of morpholine rings is 1.